The Morgan fingerprint density at radius 3 is 2.78 bits per heavy atom. The van der Waals surface area contributed by atoms with Gasteiger partial charge in [-0.1, -0.05) is 5.16 Å². The van der Waals surface area contributed by atoms with E-state index in [0.29, 0.717) is 29.4 Å². The van der Waals surface area contributed by atoms with Crippen LogP contribution in [0, 0.1) is 18.3 Å². The second-order valence-corrected chi connectivity index (χ2v) is 5.73. The third-order valence-corrected chi connectivity index (χ3v) is 3.99. The van der Waals surface area contributed by atoms with Crippen LogP contribution in [-0.4, -0.2) is 40.6 Å². The topological polar surface area (TPSA) is 95.0 Å². The van der Waals surface area contributed by atoms with E-state index in [1.165, 1.54) is 0 Å². The minimum absolute atomic E-state index is 0.0142. The van der Waals surface area contributed by atoms with Crippen LogP contribution >= 0.6 is 0 Å². The number of nitrogens with zero attached hydrogens (tertiary/aromatic N) is 4. The summed E-state index contributed by atoms with van der Waals surface area (Å²) < 4.78 is 5.24. The molecule has 0 bridgehead atoms. The van der Waals surface area contributed by atoms with Gasteiger partial charge in [-0.05, 0) is 44.7 Å². The summed E-state index contributed by atoms with van der Waals surface area (Å²) in [5.74, 6) is 1.05. The molecular weight excluding hydrogens is 294 g/mol. The lowest BCUT2D eigenvalue weighted by Gasteiger charge is -2.14. The molecule has 1 saturated heterocycles. The zero-order chi connectivity index (χ0) is 16.4. The number of likely N-dealkylation sites (N-methyl/N-ethyl adjacent to an activating group) is 1. The Kier molecular flexibility index (Phi) is 4.08. The zero-order valence-corrected chi connectivity index (χ0v) is 13.0. The predicted molar refractivity (Wildman–Crippen MR) is 81.4 cm³/mol. The van der Waals surface area contributed by atoms with Crippen LogP contribution in [0.1, 0.15) is 40.1 Å². The van der Waals surface area contributed by atoms with Crippen molar-refractivity contribution in [3.63, 3.8) is 0 Å². The summed E-state index contributed by atoms with van der Waals surface area (Å²) >= 11 is 0. The summed E-state index contributed by atoms with van der Waals surface area (Å²) in [5, 5.41) is 15.6. The number of carbonyl (C=O) groups excluding carboxylic acids is 1. The number of likely N-dealkylation sites (tertiary alicyclic amines) is 1. The van der Waals surface area contributed by atoms with Crippen molar-refractivity contribution in [3.05, 3.63) is 47.1 Å². The molecule has 2 atom stereocenters. The normalized spacial score (nSPS) is 21.1. The van der Waals surface area contributed by atoms with E-state index in [-0.39, 0.29) is 18.0 Å². The Hall–Kier alpha value is -2.72. The van der Waals surface area contributed by atoms with Gasteiger partial charge in [0.05, 0.1) is 17.7 Å². The maximum Gasteiger partial charge on any atom is 0.251 e. The number of aromatic nitrogens is 2. The number of hydrogen-bond donors (Lipinski definition) is 1. The van der Waals surface area contributed by atoms with Gasteiger partial charge in [0.15, 0.2) is 5.82 Å². The smallest absolute Gasteiger partial charge is 0.251 e. The summed E-state index contributed by atoms with van der Waals surface area (Å²) in [6, 6.07) is 8.66. The van der Waals surface area contributed by atoms with Crippen LogP contribution in [0.15, 0.2) is 28.8 Å². The molecule has 7 heteroatoms. The summed E-state index contributed by atoms with van der Waals surface area (Å²) in [5.41, 5.74) is 1.08. The molecule has 1 aromatic carbocycles. The maximum absolute atomic E-state index is 12.3. The van der Waals surface area contributed by atoms with E-state index in [4.69, 9.17) is 9.78 Å². The highest BCUT2D eigenvalue weighted by atomic mass is 16.5. The van der Waals surface area contributed by atoms with E-state index in [1.54, 1.807) is 31.2 Å². The molecule has 0 aliphatic carbocycles. The number of benzene rings is 1. The number of aryl methyl sites for hydroxylation is 1. The van der Waals surface area contributed by atoms with Crippen molar-refractivity contribution in [1.82, 2.24) is 20.4 Å². The van der Waals surface area contributed by atoms with E-state index >= 15 is 0 Å². The molecule has 1 amide bonds. The van der Waals surface area contributed by atoms with Crippen molar-refractivity contribution in [3.8, 4) is 6.07 Å². The van der Waals surface area contributed by atoms with E-state index in [9.17, 15) is 4.79 Å². The molecule has 1 aliphatic rings. The quantitative estimate of drug-likeness (QED) is 0.921. The fourth-order valence-electron chi connectivity index (χ4n) is 2.81. The lowest BCUT2D eigenvalue weighted by Crippen LogP contribution is -2.36. The second-order valence-electron chi connectivity index (χ2n) is 5.73. The number of amides is 1. The zero-order valence-electron chi connectivity index (χ0n) is 13.0. The largest absolute Gasteiger partial charge is 0.348 e. The Labute approximate surface area is 133 Å². The first-order chi connectivity index (χ1) is 11.1. The Balaban J connectivity index is 1.64. The van der Waals surface area contributed by atoms with E-state index < -0.39 is 0 Å². The van der Waals surface area contributed by atoms with E-state index in [1.807, 2.05) is 13.1 Å². The number of nitriles is 1. The van der Waals surface area contributed by atoms with Gasteiger partial charge in [0.2, 0.25) is 5.89 Å². The average Bonchev–Trinajstić information content (AvgIpc) is 3.13. The van der Waals surface area contributed by atoms with Gasteiger partial charge < -0.3 is 9.84 Å². The van der Waals surface area contributed by atoms with E-state index in [2.05, 4.69) is 20.4 Å². The molecule has 1 N–H and O–H groups in total. The third-order valence-electron chi connectivity index (χ3n) is 3.99. The lowest BCUT2D eigenvalue weighted by molar-refractivity contribution is 0.0938. The van der Waals surface area contributed by atoms with Gasteiger partial charge in [-0.25, -0.2) is 0 Å². The second kappa shape index (κ2) is 6.18. The highest BCUT2D eigenvalue weighted by Gasteiger charge is 2.35. The van der Waals surface area contributed by atoms with Gasteiger partial charge in [-0.3, -0.25) is 9.69 Å². The Morgan fingerprint density at radius 2 is 2.17 bits per heavy atom. The SMILES string of the molecule is Cc1noc(C2CC(NC(=O)c3ccc(C#N)cc3)CN2C)n1. The molecule has 3 rings (SSSR count). The van der Waals surface area contributed by atoms with Gasteiger partial charge in [0.25, 0.3) is 5.91 Å². The van der Waals surface area contributed by atoms with Crippen molar-refractivity contribution in [2.24, 2.45) is 0 Å². The van der Waals surface area contributed by atoms with Crippen molar-refractivity contribution in [2.45, 2.75) is 25.4 Å². The first-order valence-electron chi connectivity index (χ1n) is 7.38. The van der Waals surface area contributed by atoms with Gasteiger partial charge in [-0.15, -0.1) is 0 Å². The Bertz CT molecular complexity index is 747. The molecule has 1 aliphatic heterocycles. The molecule has 23 heavy (non-hydrogen) atoms. The van der Waals surface area contributed by atoms with Crippen LogP contribution in [0.4, 0.5) is 0 Å². The first-order valence-corrected chi connectivity index (χ1v) is 7.38. The summed E-state index contributed by atoms with van der Waals surface area (Å²) in [4.78, 5) is 18.7. The van der Waals surface area contributed by atoms with Crippen LogP contribution in [-0.2, 0) is 0 Å². The van der Waals surface area contributed by atoms with Crippen LogP contribution in [0.2, 0.25) is 0 Å². The standard InChI is InChI=1S/C16H17N5O2/c1-10-18-16(23-20-10)14-7-13(9-21(14)2)19-15(22)12-5-3-11(8-17)4-6-12/h3-6,13-14H,7,9H2,1-2H3,(H,19,22). The van der Waals surface area contributed by atoms with Crippen molar-refractivity contribution in [1.29, 1.82) is 5.26 Å². The number of carbonyl (C=O) groups is 1. The molecule has 118 valence electrons. The van der Waals surface area contributed by atoms with Gasteiger partial charge in [0.1, 0.15) is 0 Å². The van der Waals surface area contributed by atoms with E-state index in [0.717, 1.165) is 6.42 Å². The minimum atomic E-state index is -0.143. The maximum atomic E-state index is 12.3. The number of nitrogens with one attached hydrogen (secondary N) is 1. The monoisotopic (exact) mass is 311 g/mol. The molecule has 2 unspecified atom stereocenters. The van der Waals surface area contributed by atoms with Crippen molar-refractivity contribution in [2.75, 3.05) is 13.6 Å². The Morgan fingerprint density at radius 1 is 1.43 bits per heavy atom. The van der Waals surface area contributed by atoms with Gasteiger partial charge >= 0.3 is 0 Å². The molecule has 1 fully saturated rings. The third kappa shape index (κ3) is 3.22. The number of rotatable bonds is 3. The fraction of sp³-hybridized carbons (Fsp3) is 0.375. The van der Waals surface area contributed by atoms with Crippen LogP contribution in [0.25, 0.3) is 0 Å². The summed E-state index contributed by atoms with van der Waals surface area (Å²) in [7, 11) is 1.97. The van der Waals surface area contributed by atoms with Crippen LogP contribution in [0.5, 0.6) is 0 Å². The van der Waals surface area contributed by atoms with Crippen LogP contribution in [0.3, 0.4) is 0 Å². The van der Waals surface area contributed by atoms with Gasteiger partial charge in [-0.2, -0.15) is 10.2 Å². The average molecular weight is 311 g/mol. The fourth-order valence-corrected chi connectivity index (χ4v) is 2.81. The summed E-state index contributed by atoms with van der Waals surface area (Å²) in [6.07, 6.45) is 0.722. The predicted octanol–water partition coefficient (Wildman–Crippen LogP) is 1.42. The molecule has 7 nitrogen and oxygen atoms in total. The van der Waals surface area contributed by atoms with Crippen molar-refractivity contribution >= 4 is 5.91 Å². The molecule has 2 heterocycles. The molecule has 1 aromatic heterocycles. The van der Waals surface area contributed by atoms with Crippen LogP contribution < -0.4 is 5.32 Å². The molecule has 0 saturated carbocycles. The molecule has 0 radical (unpaired) electrons. The number of hydrogen-bond acceptors (Lipinski definition) is 6. The molecular formula is C16H17N5O2. The summed E-state index contributed by atoms with van der Waals surface area (Å²) in [6.45, 7) is 2.50. The highest BCUT2D eigenvalue weighted by molar-refractivity contribution is 5.94. The minimum Gasteiger partial charge on any atom is -0.348 e. The van der Waals surface area contributed by atoms with Gasteiger partial charge in [0, 0.05) is 18.2 Å². The van der Waals surface area contributed by atoms with Crippen molar-refractivity contribution < 1.29 is 9.32 Å². The highest BCUT2D eigenvalue weighted by Crippen LogP contribution is 2.29. The molecule has 2 aromatic rings. The molecule has 0 spiro atoms. The lowest BCUT2D eigenvalue weighted by atomic mass is 10.1. The first kappa shape index (κ1) is 15.2.